The summed E-state index contributed by atoms with van der Waals surface area (Å²) >= 11 is 0. The highest BCUT2D eigenvalue weighted by Gasteiger charge is 2.52. The number of aryl methyl sites for hydroxylation is 1. The number of urea groups is 1. The van der Waals surface area contributed by atoms with Gasteiger partial charge in [-0.2, -0.15) is 0 Å². The van der Waals surface area contributed by atoms with Gasteiger partial charge < -0.3 is 9.84 Å². The first-order valence-corrected chi connectivity index (χ1v) is 9.27. The van der Waals surface area contributed by atoms with E-state index in [2.05, 4.69) is 10.5 Å². The molecule has 3 aliphatic rings. The van der Waals surface area contributed by atoms with E-state index in [4.69, 9.17) is 4.52 Å². The van der Waals surface area contributed by atoms with Crippen molar-refractivity contribution in [2.45, 2.75) is 45.6 Å². The van der Waals surface area contributed by atoms with E-state index in [0.29, 0.717) is 22.5 Å². The highest BCUT2D eigenvalue weighted by molar-refractivity contribution is 6.45. The summed E-state index contributed by atoms with van der Waals surface area (Å²) in [6.45, 7) is 2.97. The van der Waals surface area contributed by atoms with E-state index in [1.165, 1.54) is 12.5 Å². The molecule has 0 radical (unpaired) electrons. The van der Waals surface area contributed by atoms with E-state index in [-0.39, 0.29) is 17.8 Å². The highest BCUT2D eigenvalue weighted by Crippen LogP contribution is 2.50. The molecule has 2 saturated carbocycles. The number of rotatable bonds is 5. The molecule has 4 atom stereocenters. The van der Waals surface area contributed by atoms with Crippen molar-refractivity contribution in [2.24, 2.45) is 17.8 Å². The predicted octanol–water partition coefficient (Wildman–Crippen LogP) is 1.54. The maximum Gasteiger partial charge on any atom is 0.334 e. The molecule has 0 aromatic carbocycles. The van der Waals surface area contributed by atoms with Crippen LogP contribution in [0.15, 0.2) is 10.6 Å². The third kappa shape index (κ3) is 3.00. The Hall–Kier alpha value is -2.71. The first kappa shape index (κ1) is 17.7. The van der Waals surface area contributed by atoms with Crippen LogP contribution in [0.25, 0.3) is 0 Å². The molecule has 1 aliphatic heterocycles. The number of imide groups is 2. The Labute approximate surface area is 156 Å². The molecule has 0 unspecified atom stereocenters. The second-order valence-corrected chi connectivity index (χ2v) is 7.80. The van der Waals surface area contributed by atoms with Crippen LogP contribution in [-0.2, 0) is 14.4 Å². The van der Waals surface area contributed by atoms with Crippen molar-refractivity contribution in [1.29, 1.82) is 0 Å². The smallest absolute Gasteiger partial charge is 0.334 e. The summed E-state index contributed by atoms with van der Waals surface area (Å²) in [5.74, 6) is -0.313. The van der Waals surface area contributed by atoms with Crippen molar-refractivity contribution in [1.82, 2.24) is 15.0 Å². The molecule has 2 aliphatic carbocycles. The highest BCUT2D eigenvalue weighted by atomic mass is 16.5. The molecule has 1 aromatic rings. The lowest BCUT2D eigenvalue weighted by molar-refractivity contribution is -0.144. The third-order valence-corrected chi connectivity index (χ3v) is 6.10. The van der Waals surface area contributed by atoms with Crippen LogP contribution in [0.3, 0.4) is 0 Å². The molecular weight excluding hydrogens is 352 g/mol. The van der Waals surface area contributed by atoms with Crippen LogP contribution in [-0.4, -0.2) is 51.3 Å². The maximum absolute atomic E-state index is 12.7. The first-order chi connectivity index (χ1) is 12.8. The molecule has 5 amide bonds. The van der Waals surface area contributed by atoms with Crippen molar-refractivity contribution in [3.63, 3.8) is 0 Å². The van der Waals surface area contributed by atoms with E-state index in [1.54, 1.807) is 6.92 Å². The van der Waals surface area contributed by atoms with Crippen molar-refractivity contribution in [3.05, 3.63) is 11.8 Å². The zero-order valence-electron chi connectivity index (χ0n) is 15.3. The molecule has 2 heterocycles. The van der Waals surface area contributed by atoms with Crippen LogP contribution in [0.1, 0.15) is 38.4 Å². The molecule has 9 heteroatoms. The Morgan fingerprint density at radius 3 is 2.67 bits per heavy atom. The van der Waals surface area contributed by atoms with Crippen molar-refractivity contribution >= 4 is 29.6 Å². The topological polar surface area (TPSA) is 113 Å². The van der Waals surface area contributed by atoms with Gasteiger partial charge in [-0.3, -0.25) is 19.3 Å². The summed E-state index contributed by atoms with van der Waals surface area (Å²) in [6.07, 6.45) is 4.46. The number of aromatic nitrogens is 1. The Kier molecular flexibility index (Phi) is 4.24. The van der Waals surface area contributed by atoms with E-state index >= 15 is 0 Å². The van der Waals surface area contributed by atoms with Gasteiger partial charge in [-0.15, -0.1) is 0 Å². The first-order valence-electron chi connectivity index (χ1n) is 9.27. The van der Waals surface area contributed by atoms with Crippen LogP contribution < -0.4 is 5.32 Å². The average molecular weight is 374 g/mol. The number of fused-ring (bicyclic) bond motifs is 2. The van der Waals surface area contributed by atoms with E-state index in [1.807, 2.05) is 6.92 Å². The van der Waals surface area contributed by atoms with Crippen LogP contribution in [0.4, 0.5) is 10.6 Å². The number of carbonyl (C=O) groups excluding carboxylic acids is 4. The summed E-state index contributed by atoms with van der Waals surface area (Å²) < 4.78 is 4.85. The zero-order valence-corrected chi connectivity index (χ0v) is 15.3. The second-order valence-electron chi connectivity index (χ2n) is 7.80. The van der Waals surface area contributed by atoms with E-state index in [0.717, 1.165) is 24.2 Å². The second kappa shape index (κ2) is 6.47. The minimum absolute atomic E-state index is 0.190. The molecule has 144 valence electrons. The van der Waals surface area contributed by atoms with Gasteiger partial charge in [-0.25, -0.2) is 9.69 Å². The number of nitrogens with zero attached hydrogens (tertiary/aromatic N) is 3. The monoisotopic (exact) mass is 374 g/mol. The molecule has 2 bridgehead atoms. The fraction of sp³-hybridized carbons (Fsp3) is 0.611. The van der Waals surface area contributed by atoms with Gasteiger partial charge in [0, 0.05) is 12.1 Å². The summed E-state index contributed by atoms with van der Waals surface area (Å²) in [5.41, 5.74) is 0. The lowest BCUT2D eigenvalue weighted by Gasteiger charge is -2.32. The molecule has 4 rings (SSSR count). The quantitative estimate of drug-likeness (QED) is 0.618. The normalized spacial score (nSPS) is 28.4. The van der Waals surface area contributed by atoms with Crippen molar-refractivity contribution < 1.29 is 23.7 Å². The molecule has 3 fully saturated rings. The van der Waals surface area contributed by atoms with Gasteiger partial charge in [0.1, 0.15) is 12.3 Å². The summed E-state index contributed by atoms with van der Waals surface area (Å²) in [4.78, 5) is 51.3. The Bertz CT molecular complexity index is 818. The van der Waals surface area contributed by atoms with Gasteiger partial charge in [0.05, 0.1) is 0 Å². The number of nitrogens with one attached hydrogen (secondary N) is 1. The molecule has 1 N–H and O–H groups in total. The zero-order chi connectivity index (χ0) is 19.3. The number of hydrogen-bond donors (Lipinski definition) is 1. The number of amides is 5. The molecule has 9 nitrogen and oxygen atoms in total. The summed E-state index contributed by atoms with van der Waals surface area (Å²) in [5, 5.41) is 6.07. The molecule has 1 aromatic heterocycles. The average Bonchev–Trinajstić information content (AvgIpc) is 3.38. The van der Waals surface area contributed by atoms with Crippen LogP contribution in [0.2, 0.25) is 0 Å². The maximum atomic E-state index is 12.7. The minimum atomic E-state index is -0.957. The molecular formula is C18H22N4O5. The fourth-order valence-corrected chi connectivity index (χ4v) is 4.85. The van der Waals surface area contributed by atoms with Gasteiger partial charge in [0.15, 0.2) is 5.82 Å². The summed E-state index contributed by atoms with van der Waals surface area (Å²) in [7, 11) is 0. The predicted molar refractivity (Wildman–Crippen MR) is 92.2 cm³/mol. The largest absolute Gasteiger partial charge is 0.360 e. The van der Waals surface area contributed by atoms with E-state index in [9.17, 15) is 19.2 Å². The SMILES string of the molecule is Cc1cc(NC(=O)CN2C(=O)C(=O)N([C@H](C)[C@@H]3C[C@H]4CC[C@H]3C4)C2=O)no1. The van der Waals surface area contributed by atoms with Gasteiger partial charge >= 0.3 is 17.8 Å². The molecule has 0 spiro atoms. The standard InChI is InChI=1S/C18H22N4O5/c1-9-5-14(20-27-9)19-15(23)8-21-16(24)17(25)22(18(21)26)10(2)13-7-11-3-4-12(13)6-11/h5,10-13H,3-4,6-8H2,1-2H3,(H,19,20,23)/t10-,11+,12+,13+/m1/s1. The van der Waals surface area contributed by atoms with Crippen LogP contribution >= 0.6 is 0 Å². The van der Waals surface area contributed by atoms with Crippen molar-refractivity contribution in [3.8, 4) is 0 Å². The van der Waals surface area contributed by atoms with Crippen LogP contribution in [0.5, 0.6) is 0 Å². The van der Waals surface area contributed by atoms with Gasteiger partial charge in [-0.1, -0.05) is 11.6 Å². The van der Waals surface area contributed by atoms with Gasteiger partial charge in [0.2, 0.25) is 5.91 Å². The van der Waals surface area contributed by atoms with Crippen molar-refractivity contribution in [2.75, 3.05) is 11.9 Å². The third-order valence-electron chi connectivity index (χ3n) is 6.10. The van der Waals surface area contributed by atoms with E-state index < -0.39 is 30.3 Å². The Morgan fingerprint density at radius 1 is 1.30 bits per heavy atom. The summed E-state index contributed by atoms with van der Waals surface area (Å²) in [6, 6.07) is 0.461. The lowest BCUT2D eigenvalue weighted by atomic mass is 9.83. The number of hydrogen-bond acceptors (Lipinski definition) is 6. The van der Waals surface area contributed by atoms with Gasteiger partial charge in [0.25, 0.3) is 0 Å². The number of carbonyl (C=O) groups is 4. The number of anilines is 1. The Balaban J connectivity index is 1.44. The Morgan fingerprint density at radius 2 is 2.07 bits per heavy atom. The molecule has 1 saturated heterocycles. The lowest BCUT2D eigenvalue weighted by Crippen LogP contribution is -2.45. The van der Waals surface area contributed by atoms with Gasteiger partial charge in [-0.05, 0) is 50.9 Å². The fourth-order valence-electron chi connectivity index (χ4n) is 4.85. The molecule has 27 heavy (non-hydrogen) atoms. The van der Waals surface area contributed by atoms with Crippen LogP contribution in [0, 0.1) is 24.7 Å². The minimum Gasteiger partial charge on any atom is -0.360 e.